The lowest BCUT2D eigenvalue weighted by Gasteiger charge is -2.12. The SMILES string of the molecule is Cc1cc(C)c(NC(=O)C2CC2C(=O)Nc2cccc(Cl)c2C)c(Cl)c1. The lowest BCUT2D eigenvalue weighted by atomic mass is 10.1. The molecule has 0 saturated heterocycles. The number of rotatable bonds is 4. The minimum absolute atomic E-state index is 0.165. The van der Waals surface area contributed by atoms with Crippen molar-refractivity contribution in [2.24, 2.45) is 11.8 Å². The molecule has 0 heterocycles. The summed E-state index contributed by atoms with van der Waals surface area (Å²) in [5.74, 6) is -1.02. The molecule has 0 bridgehead atoms. The number of aryl methyl sites for hydroxylation is 2. The average molecular weight is 391 g/mol. The number of carbonyl (C=O) groups excluding carboxylic acids is 2. The topological polar surface area (TPSA) is 58.2 Å². The molecule has 1 aliphatic carbocycles. The van der Waals surface area contributed by atoms with Gasteiger partial charge >= 0.3 is 0 Å². The average Bonchev–Trinajstić information content (AvgIpc) is 3.36. The summed E-state index contributed by atoms with van der Waals surface area (Å²) in [6, 6.07) is 9.12. The molecule has 2 aromatic carbocycles. The van der Waals surface area contributed by atoms with Crippen LogP contribution in [0, 0.1) is 32.6 Å². The van der Waals surface area contributed by atoms with Crippen molar-refractivity contribution in [3.63, 3.8) is 0 Å². The Balaban J connectivity index is 1.64. The maximum absolute atomic E-state index is 12.5. The first kappa shape index (κ1) is 18.7. The molecule has 1 saturated carbocycles. The van der Waals surface area contributed by atoms with Crippen LogP contribution in [0.4, 0.5) is 11.4 Å². The monoisotopic (exact) mass is 390 g/mol. The maximum Gasteiger partial charge on any atom is 0.228 e. The summed E-state index contributed by atoms with van der Waals surface area (Å²) in [5.41, 5.74) is 4.03. The molecule has 2 unspecified atom stereocenters. The molecule has 0 radical (unpaired) electrons. The summed E-state index contributed by atoms with van der Waals surface area (Å²) in [4.78, 5) is 24.9. The van der Waals surface area contributed by atoms with Gasteiger partial charge in [-0.3, -0.25) is 9.59 Å². The van der Waals surface area contributed by atoms with Crippen molar-refractivity contribution >= 4 is 46.4 Å². The van der Waals surface area contributed by atoms with Crippen molar-refractivity contribution < 1.29 is 9.59 Å². The third kappa shape index (κ3) is 3.87. The van der Waals surface area contributed by atoms with E-state index >= 15 is 0 Å². The summed E-state index contributed by atoms with van der Waals surface area (Å²) in [6.07, 6.45) is 0.528. The first-order valence-electron chi connectivity index (χ1n) is 8.41. The standard InChI is InChI=1S/C20H20Cl2N2O2/c1-10-7-11(2)18(16(22)8-10)24-20(26)14-9-13(14)19(25)23-17-6-4-5-15(21)12(17)3/h4-8,13-14H,9H2,1-3H3,(H,23,25)(H,24,26). The van der Waals surface area contributed by atoms with Gasteiger partial charge in [-0.25, -0.2) is 0 Å². The largest absolute Gasteiger partial charge is 0.326 e. The second-order valence-corrected chi connectivity index (χ2v) is 7.59. The van der Waals surface area contributed by atoms with E-state index in [1.54, 1.807) is 18.2 Å². The normalized spacial score (nSPS) is 18.3. The van der Waals surface area contributed by atoms with Gasteiger partial charge in [-0.05, 0) is 62.1 Å². The minimum atomic E-state index is -0.341. The summed E-state index contributed by atoms with van der Waals surface area (Å²) in [5, 5.41) is 6.83. The molecule has 1 fully saturated rings. The highest BCUT2D eigenvalue weighted by atomic mass is 35.5. The molecule has 3 rings (SSSR count). The van der Waals surface area contributed by atoms with E-state index in [1.165, 1.54) is 0 Å². The van der Waals surface area contributed by atoms with Crippen molar-refractivity contribution in [2.75, 3.05) is 10.6 Å². The molecule has 2 aromatic rings. The second-order valence-electron chi connectivity index (χ2n) is 6.78. The summed E-state index contributed by atoms with van der Waals surface area (Å²) >= 11 is 12.3. The van der Waals surface area contributed by atoms with Crippen molar-refractivity contribution in [1.29, 1.82) is 0 Å². The van der Waals surface area contributed by atoms with Gasteiger partial charge in [0.25, 0.3) is 0 Å². The van der Waals surface area contributed by atoms with Gasteiger partial charge < -0.3 is 10.6 Å². The van der Waals surface area contributed by atoms with Crippen LogP contribution in [0.5, 0.6) is 0 Å². The molecule has 4 nitrogen and oxygen atoms in total. The Morgan fingerprint density at radius 1 is 0.962 bits per heavy atom. The number of carbonyl (C=O) groups is 2. The van der Waals surface area contributed by atoms with Gasteiger partial charge in [-0.1, -0.05) is 35.3 Å². The van der Waals surface area contributed by atoms with Gasteiger partial charge in [0.15, 0.2) is 0 Å². The smallest absolute Gasteiger partial charge is 0.228 e. The van der Waals surface area contributed by atoms with Gasteiger partial charge in [0.2, 0.25) is 11.8 Å². The number of hydrogen-bond donors (Lipinski definition) is 2. The van der Waals surface area contributed by atoms with Crippen LogP contribution in [0.2, 0.25) is 10.0 Å². The Bertz CT molecular complexity index is 872. The van der Waals surface area contributed by atoms with Crippen molar-refractivity contribution in [3.8, 4) is 0 Å². The molecule has 2 amide bonds. The van der Waals surface area contributed by atoms with Crippen LogP contribution in [0.3, 0.4) is 0 Å². The maximum atomic E-state index is 12.5. The number of halogens is 2. The van der Waals surface area contributed by atoms with E-state index in [0.29, 0.717) is 27.8 Å². The van der Waals surface area contributed by atoms with Crippen LogP contribution < -0.4 is 10.6 Å². The zero-order valence-corrected chi connectivity index (χ0v) is 16.3. The van der Waals surface area contributed by atoms with Crippen molar-refractivity contribution in [2.45, 2.75) is 27.2 Å². The lowest BCUT2D eigenvalue weighted by Crippen LogP contribution is -2.21. The van der Waals surface area contributed by atoms with Gasteiger partial charge in [-0.2, -0.15) is 0 Å². The predicted molar refractivity (Wildman–Crippen MR) is 106 cm³/mol. The molecule has 1 aliphatic rings. The Labute approximate surface area is 162 Å². The van der Waals surface area contributed by atoms with Gasteiger partial charge in [-0.15, -0.1) is 0 Å². The number of nitrogens with one attached hydrogen (secondary N) is 2. The van der Waals surface area contributed by atoms with Crippen molar-refractivity contribution in [1.82, 2.24) is 0 Å². The second kappa shape index (κ2) is 7.29. The molecule has 2 atom stereocenters. The first-order chi connectivity index (χ1) is 12.3. The van der Waals surface area contributed by atoms with E-state index in [9.17, 15) is 9.59 Å². The van der Waals surface area contributed by atoms with Crippen LogP contribution >= 0.6 is 23.2 Å². The molecule has 0 spiro atoms. The molecular formula is C20H20Cl2N2O2. The first-order valence-corrected chi connectivity index (χ1v) is 9.17. The zero-order valence-electron chi connectivity index (χ0n) is 14.8. The lowest BCUT2D eigenvalue weighted by molar-refractivity contribution is -0.122. The van der Waals surface area contributed by atoms with E-state index < -0.39 is 0 Å². The van der Waals surface area contributed by atoms with E-state index in [-0.39, 0.29) is 23.7 Å². The van der Waals surface area contributed by atoms with Crippen molar-refractivity contribution in [3.05, 3.63) is 57.1 Å². The summed E-state index contributed by atoms with van der Waals surface area (Å²) in [6.45, 7) is 5.69. The highest BCUT2D eigenvalue weighted by Crippen LogP contribution is 2.41. The van der Waals surface area contributed by atoms with Gasteiger partial charge in [0.05, 0.1) is 22.5 Å². The fraction of sp³-hybridized carbons (Fsp3) is 0.300. The van der Waals surface area contributed by atoms with Crippen LogP contribution in [-0.4, -0.2) is 11.8 Å². The Hall–Kier alpha value is -2.04. The number of benzene rings is 2. The number of amides is 2. The molecule has 2 N–H and O–H groups in total. The minimum Gasteiger partial charge on any atom is -0.326 e. The molecule has 6 heteroatoms. The van der Waals surface area contributed by atoms with Gasteiger partial charge in [0, 0.05) is 10.7 Å². The van der Waals surface area contributed by atoms with Crippen LogP contribution in [0.25, 0.3) is 0 Å². The van der Waals surface area contributed by atoms with Gasteiger partial charge in [0.1, 0.15) is 0 Å². The highest BCUT2D eigenvalue weighted by molar-refractivity contribution is 6.34. The van der Waals surface area contributed by atoms with Crippen LogP contribution in [0.1, 0.15) is 23.1 Å². The summed E-state index contributed by atoms with van der Waals surface area (Å²) in [7, 11) is 0. The van der Waals surface area contributed by atoms with Crippen LogP contribution in [0.15, 0.2) is 30.3 Å². The van der Waals surface area contributed by atoms with E-state index in [4.69, 9.17) is 23.2 Å². The Kier molecular flexibility index (Phi) is 5.26. The third-order valence-corrected chi connectivity index (χ3v) is 5.38. The Morgan fingerprint density at radius 3 is 2.27 bits per heavy atom. The summed E-state index contributed by atoms with van der Waals surface area (Å²) < 4.78 is 0. The molecule has 0 aliphatic heterocycles. The number of hydrogen-bond acceptors (Lipinski definition) is 2. The quantitative estimate of drug-likeness (QED) is 0.759. The highest BCUT2D eigenvalue weighted by Gasteiger charge is 2.48. The fourth-order valence-electron chi connectivity index (χ4n) is 3.03. The molecule has 0 aromatic heterocycles. The molecule has 26 heavy (non-hydrogen) atoms. The molecular weight excluding hydrogens is 371 g/mol. The fourth-order valence-corrected chi connectivity index (χ4v) is 3.58. The predicted octanol–water partition coefficient (Wildman–Crippen LogP) is 5.13. The molecule has 136 valence electrons. The van der Waals surface area contributed by atoms with E-state index in [2.05, 4.69) is 10.6 Å². The van der Waals surface area contributed by atoms with E-state index in [0.717, 1.165) is 16.7 Å². The van der Waals surface area contributed by atoms with E-state index in [1.807, 2.05) is 32.9 Å². The zero-order chi connectivity index (χ0) is 19.0. The Morgan fingerprint density at radius 2 is 1.62 bits per heavy atom. The van der Waals surface area contributed by atoms with Crippen LogP contribution in [-0.2, 0) is 9.59 Å². The number of anilines is 2. The third-order valence-electron chi connectivity index (χ3n) is 4.67.